The zero-order valence-electron chi connectivity index (χ0n) is 16.5. The molecule has 0 spiro atoms. The standard InChI is InChI=1S/C20H22Cl2N4O3/c1-4-12(3)19(27)26-8-6-25(7-9-26)18-17(20(28)29-5-2)23-15-10-13(21)14(22)11-16(15)24-18/h4,10-11H,5-9H2,1-3H3/b12-4+. The van der Waals surface area contributed by atoms with Gasteiger partial charge in [0.2, 0.25) is 5.91 Å². The number of rotatable bonds is 4. The van der Waals surface area contributed by atoms with Crippen molar-refractivity contribution < 1.29 is 14.3 Å². The van der Waals surface area contributed by atoms with Crippen molar-refractivity contribution in [2.24, 2.45) is 0 Å². The Bertz CT molecular complexity index is 985. The third-order valence-electron chi connectivity index (χ3n) is 4.79. The number of carbonyl (C=O) groups is 2. The van der Waals surface area contributed by atoms with Crippen molar-refractivity contribution in [3.8, 4) is 0 Å². The second kappa shape index (κ2) is 8.97. The number of fused-ring (bicyclic) bond motifs is 1. The monoisotopic (exact) mass is 436 g/mol. The lowest BCUT2D eigenvalue weighted by molar-refractivity contribution is -0.127. The minimum Gasteiger partial charge on any atom is -0.461 e. The van der Waals surface area contributed by atoms with Crippen molar-refractivity contribution in [1.82, 2.24) is 14.9 Å². The molecule has 154 valence electrons. The number of amides is 1. The van der Waals surface area contributed by atoms with E-state index in [1.165, 1.54) is 0 Å². The predicted octanol–water partition coefficient (Wildman–Crippen LogP) is 3.73. The van der Waals surface area contributed by atoms with Crippen molar-refractivity contribution in [3.05, 3.63) is 39.5 Å². The third kappa shape index (κ3) is 4.46. The van der Waals surface area contributed by atoms with Crippen molar-refractivity contribution in [2.75, 3.05) is 37.7 Å². The van der Waals surface area contributed by atoms with Gasteiger partial charge in [-0.3, -0.25) is 4.79 Å². The molecule has 2 heterocycles. The number of aromatic nitrogens is 2. The highest BCUT2D eigenvalue weighted by Gasteiger charge is 2.27. The Kier molecular flexibility index (Phi) is 6.59. The molecule has 3 rings (SSSR count). The number of anilines is 1. The fourth-order valence-electron chi connectivity index (χ4n) is 3.09. The molecular formula is C20H22Cl2N4O3. The van der Waals surface area contributed by atoms with Gasteiger partial charge in [0, 0.05) is 31.8 Å². The number of hydrogen-bond acceptors (Lipinski definition) is 6. The van der Waals surface area contributed by atoms with E-state index in [2.05, 4.69) is 9.97 Å². The van der Waals surface area contributed by atoms with Crippen LogP contribution in [0.5, 0.6) is 0 Å². The number of hydrogen-bond donors (Lipinski definition) is 0. The molecule has 0 atom stereocenters. The molecule has 0 radical (unpaired) electrons. The number of ether oxygens (including phenoxy) is 1. The van der Waals surface area contributed by atoms with E-state index in [0.717, 1.165) is 0 Å². The Morgan fingerprint density at radius 3 is 2.24 bits per heavy atom. The highest BCUT2D eigenvalue weighted by Crippen LogP contribution is 2.29. The number of carbonyl (C=O) groups excluding carboxylic acids is 2. The van der Waals surface area contributed by atoms with E-state index in [-0.39, 0.29) is 18.2 Å². The first kappa shape index (κ1) is 21.3. The first-order chi connectivity index (χ1) is 13.8. The Balaban J connectivity index is 1.95. The second-order valence-electron chi connectivity index (χ2n) is 6.62. The van der Waals surface area contributed by atoms with Gasteiger partial charge in [0.15, 0.2) is 11.5 Å². The van der Waals surface area contributed by atoms with E-state index in [9.17, 15) is 9.59 Å². The van der Waals surface area contributed by atoms with Crippen LogP contribution in [0.1, 0.15) is 31.3 Å². The molecule has 1 aromatic carbocycles. The van der Waals surface area contributed by atoms with Gasteiger partial charge in [-0.1, -0.05) is 29.3 Å². The van der Waals surface area contributed by atoms with E-state index >= 15 is 0 Å². The minimum absolute atomic E-state index is 0.0174. The molecule has 2 aromatic rings. The van der Waals surface area contributed by atoms with E-state index in [0.29, 0.717) is 58.6 Å². The summed E-state index contributed by atoms with van der Waals surface area (Å²) in [5.41, 5.74) is 1.83. The topological polar surface area (TPSA) is 75.6 Å². The Morgan fingerprint density at radius 2 is 1.69 bits per heavy atom. The Labute approximate surface area is 179 Å². The van der Waals surface area contributed by atoms with E-state index in [1.54, 1.807) is 37.0 Å². The molecule has 1 saturated heterocycles. The van der Waals surface area contributed by atoms with Crippen LogP contribution in [0.3, 0.4) is 0 Å². The molecule has 1 aliphatic rings. The average molecular weight is 437 g/mol. The molecule has 0 bridgehead atoms. The summed E-state index contributed by atoms with van der Waals surface area (Å²) in [6.45, 7) is 7.70. The van der Waals surface area contributed by atoms with Crippen molar-refractivity contribution >= 4 is 51.9 Å². The van der Waals surface area contributed by atoms with Gasteiger partial charge in [-0.15, -0.1) is 0 Å². The maximum absolute atomic E-state index is 12.5. The van der Waals surface area contributed by atoms with Gasteiger partial charge >= 0.3 is 5.97 Å². The zero-order chi connectivity index (χ0) is 21.1. The maximum atomic E-state index is 12.5. The number of allylic oxidation sites excluding steroid dienone is 1. The molecule has 1 aromatic heterocycles. The molecule has 9 heteroatoms. The highest BCUT2D eigenvalue weighted by molar-refractivity contribution is 6.42. The summed E-state index contributed by atoms with van der Waals surface area (Å²) < 4.78 is 5.17. The number of esters is 1. The predicted molar refractivity (Wildman–Crippen MR) is 114 cm³/mol. The highest BCUT2D eigenvalue weighted by atomic mass is 35.5. The van der Waals surface area contributed by atoms with Crippen LogP contribution in [0, 0.1) is 0 Å². The average Bonchev–Trinajstić information content (AvgIpc) is 2.73. The number of piperazine rings is 1. The lowest BCUT2D eigenvalue weighted by Crippen LogP contribution is -2.49. The van der Waals surface area contributed by atoms with Gasteiger partial charge in [0.05, 0.1) is 27.7 Å². The van der Waals surface area contributed by atoms with Gasteiger partial charge in [-0.25, -0.2) is 14.8 Å². The Hall–Kier alpha value is -2.38. The molecule has 7 nitrogen and oxygen atoms in total. The van der Waals surface area contributed by atoms with Crippen LogP contribution in [-0.4, -0.2) is 59.5 Å². The number of benzene rings is 1. The summed E-state index contributed by atoms with van der Waals surface area (Å²) in [5, 5.41) is 0.697. The number of nitrogens with zero attached hydrogens (tertiary/aromatic N) is 4. The van der Waals surface area contributed by atoms with E-state index < -0.39 is 5.97 Å². The van der Waals surface area contributed by atoms with Gasteiger partial charge in [0.1, 0.15) is 0 Å². The molecule has 0 saturated carbocycles. The zero-order valence-corrected chi connectivity index (χ0v) is 18.0. The summed E-state index contributed by atoms with van der Waals surface area (Å²) in [5.74, 6) is -0.112. The first-order valence-corrected chi connectivity index (χ1v) is 10.1. The Morgan fingerprint density at radius 1 is 1.10 bits per heavy atom. The van der Waals surface area contributed by atoms with Gasteiger partial charge < -0.3 is 14.5 Å². The maximum Gasteiger partial charge on any atom is 0.360 e. The van der Waals surface area contributed by atoms with Crippen LogP contribution in [0.25, 0.3) is 11.0 Å². The minimum atomic E-state index is -0.550. The second-order valence-corrected chi connectivity index (χ2v) is 7.44. The third-order valence-corrected chi connectivity index (χ3v) is 5.52. The normalized spacial score (nSPS) is 15.0. The lowest BCUT2D eigenvalue weighted by Gasteiger charge is -2.36. The molecule has 0 aliphatic carbocycles. The first-order valence-electron chi connectivity index (χ1n) is 9.36. The summed E-state index contributed by atoms with van der Waals surface area (Å²) in [4.78, 5) is 37.7. The van der Waals surface area contributed by atoms with E-state index in [1.807, 2.05) is 11.8 Å². The largest absolute Gasteiger partial charge is 0.461 e. The fourth-order valence-corrected chi connectivity index (χ4v) is 3.41. The van der Waals surface area contributed by atoms with Crippen molar-refractivity contribution in [2.45, 2.75) is 20.8 Å². The quantitative estimate of drug-likeness (QED) is 0.536. The summed E-state index contributed by atoms with van der Waals surface area (Å²) >= 11 is 12.2. The van der Waals surface area contributed by atoms with Crippen LogP contribution in [0.4, 0.5) is 5.82 Å². The van der Waals surface area contributed by atoms with Gasteiger partial charge in [0.25, 0.3) is 0 Å². The van der Waals surface area contributed by atoms with Gasteiger partial charge in [-0.05, 0) is 32.9 Å². The molecule has 0 unspecified atom stereocenters. The van der Waals surface area contributed by atoms with E-state index in [4.69, 9.17) is 27.9 Å². The van der Waals surface area contributed by atoms with Crippen LogP contribution < -0.4 is 4.90 Å². The van der Waals surface area contributed by atoms with Crippen molar-refractivity contribution in [3.63, 3.8) is 0 Å². The lowest BCUT2D eigenvalue weighted by atomic mass is 10.2. The molecular weight excluding hydrogens is 415 g/mol. The van der Waals surface area contributed by atoms with Gasteiger partial charge in [-0.2, -0.15) is 0 Å². The fraction of sp³-hybridized carbons (Fsp3) is 0.400. The SMILES string of the molecule is C/C=C(\C)C(=O)N1CCN(c2nc3cc(Cl)c(Cl)cc3nc2C(=O)OCC)CC1. The molecule has 1 aliphatic heterocycles. The summed E-state index contributed by atoms with van der Waals surface area (Å²) in [7, 11) is 0. The summed E-state index contributed by atoms with van der Waals surface area (Å²) in [6.07, 6.45) is 1.80. The summed E-state index contributed by atoms with van der Waals surface area (Å²) in [6, 6.07) is 3.20. The molecule has 1 fully saturated rings. The van der Waals surface area contributed by atoms with Crippen LogP contribution >= 0.6 is 23.2 Å². The number of halogens is 2. The smallest absolute Gasteiger partial charge is 0.360 e. The molecule has 0 N–H and O–H groups in total. The molecule has 29 heavy (non-hydrogen) atoms. The van der Waals surface area contributed by atoms with Crippen LogP contribution in [0.2, 0.25) is 10.0 Å². The van der Waals surface area contributed by atoms with Crippen LogP contribution in [-0.2, 0) is 9.53 Å². The van der Waals surface area contributed by atoms with Crippen molar-refractivity contribution in [1.29, 1.82) is 0 Å². The molecule has 1 amide bonds. The van der Waals surface area contributed by atoms with Crippen LogP contribution in [0.15, 0.2) is 23.8 Å².